The summed E-state index contributed by atoms with van der Waals surface area (Å²) >= 11 is 0. The minimum atomic E-state index is -0.693. The SMILES string of the molecule is CCN(C)c1ccc(C(=O)Nc2cc(F)ccc2NC(=O)OC(C)(C)C)cc1. The predicted molar refractivity (Wildman–Crippen MR) is 110 cm³/mol. The minimum absolute atomic E-state index is 0.144. The highest BCUT2D eigenvalue weighted by molar-refractivity contribution is 6.07. The van der Waals surface area contributed by atoms with Crippen LogP contribution in [0.15, 0.2) is 42.5 Å². The van der Waals surface area contributed by atoms with Gasteiger partial charge in [-0.05, 0) is 70.2 Å². The molecule has 2 aromatic rings. The van der Waals surface area contributed by atoms with E-state index in [0.29, 0.717) is 5.56 Å². The van der Waals surface area contributed by atoms with E-state index >= 15 is 0 Å². The maximum atomic E-state index is 13.7. The van der Waals surface area contributed by atoms with Gasteiger partial charge in [0.1, 0.15) is 11.4 Å². The van der Waals surface area contributed by atoms with E-state index in [-0.39, 0.29) is 11.4 Å². The maximum absolute atomic E-state index is 13.7. The molecular formula is C21H26FN3O3. The summed E-state index contributed by atoms with van der Waals surface area (Å²) in [5.74, 6) is -0.950. The van der Waals surface area contributed by atoms with Gasteiger partial charge in [-0.15, -0.1) is 0 Å². The fourth-order valence-corrected chi connectivity index (χ4v) is 2.39. The molecule has 0 aromatic heterocycles. The van der Waals surface area contributed by atoms with Crippen molar-refractivity contribution in [1.29, 1.82) is 0 Å². The van der Waals surface area contributed by atoms with E-state index in [9.17, 15) is 14.0 Å². The van der Waals surface area contributed by atoms with Gasteiger partial charge in [0.15, 0.2) is 0 Å². The standard InChI is InChI=1S/C21H26FN3O3/c1-6-25(5)16-10-7-14(8-11-16)19(26)23-18-13-15(22)9-12-17(18)24-20(27)28-21(2,3)4/h7-13H,6H2,1-5H3,(H,23,26)(H,24,27). The number of carbonyl (C=O) groups is 2. The molecule has 0 heterocycles. The molecule has 28 heavy (non-hydrogen) atoms. The molecule has 0 aliphatic rings. The Morgan fingerprint density at radius 1 is 1.04 bits per heavy atom. The van der Waals surface area contributed by atoms with Crippen molar-refractivity contribution < 1.29 is 18.7 Å². The number of nitrogens with zero attached hydrogens (tertiary/aromatic N) is 1. The van der Waals surface area contributed by atoms with Gasteiger partial charge >= 0.3 is 6.09 Å². The highest BCUT2D eigenvalue weighted by Crippen LogP contribution is 2.25. The Labute approximate surface area is 164 Å². The van der Waals surface area contributed by atoms with Crippen LogP contribution in [0.2, 0.25) is 0 Å². The molecule has 0 aliphatic carbocycles. The molecule has 2 amide bonds. The molecule has 0 saturated carbocycles. The van der Waals surface area contributed by atoms with Gasteiger partial charge in [0.25, 0.3) is 5.91 Å². The van der Waals surface area contributed by atoms with Gasteiger partial charge in [0, 0.05) is 24.8 Å². The number of hydrogen-bond donors (Lipinski definition) is 2. The molecule has 0 spiro atoms. The molecule has 0 fully saturated rings. The first kappa shape index (κ1) is 21.2. The third-order valence-electron chi connectivity index (χ3n) is 3.91. The zero-order chi connectivity index (χ0) is 20.9. The Hall–Kier alpha value is -3.09. The first-order valence-corrected chi connectivity index (χ1v) is 9.01. The summed E-state index contributed by atoms with van der Waals surface area (Å²) in [5, 5.41) is 5.17. The molecule has 0 bridgehead atoms. The van der Waals surface area contributed by atoms with Gasteiger partial charge in [-0.1, -0.05) is 0 Å². The lowest BCUT2D eigenvalue weighted by atomic mass is 10.1. The van der Waals surface area contributed by atoms with Crippen LogP contribution in [0.25, 0.3) is 0 Å². The van der Waals surface area contributed by atoms with Crippen molar-refractivity contribution >= 4 is 29.1 Å². The van der Waals surface area contributed by atoms with Crippen LogP contribution in [0.4, 0.5) is 26.2 Å². The first-order valence-electron chi connectivity index (χ1n) is 9.01. The zero-order valence-electron chi connectivity index (χ0n) is 16.8. The normalized spacial score (nSPS) is 10.9. The average Bonchev–Trinajstić information content (AvgIpc) is 2.62. The van der Waals surface area contributed by atoms with Gasteiger partial charge in [-0.3, -0.25) is 10.1 Å². The van der Waals surface area contributed by atoms with Crippen molar-refractivity contribution in [2.75, 3.05) is 29.1 Å². The Balaban J connectivity index is 2.17. The van der Waals surface area contributed by atoms with Crippen LogP contribution in [-0.4, -0.2) is 31.2 Å². The molecule has 0 unspecified atom stereocenters. The molecule has 150 valence electrons. The number of nitrogens with one attached hydrogen (secondary N) is 2. The molecule has 0 radical (unpaired) electrons. The Bertz CT molecular complexity index is 845. The number of benzene rings is 2. The average molecular weight is 387 g/mol. The number of amides is 2. The van der Waals surface area contributed by atoms with Gasteiger partial charge in [0.05, 0.1) is 11.4 Å². The van der Waals surface area contributed by atoms with E-state index in [1.54, 1.807) is 32.9 Å². The fourth-order valence-electron chi connectivity index (χ4n) is 2.39. The highest BCUT2D eigenvalue weighted by atomic mass is 19.1. The van der Waals surface area contributed by atoms with Gasteiger partial charge < -0.3 is 15.0 Å². The maximum Gasteiger partial charge on any atom is 0.412 e. The number of rotatable bonds is 5. The molecule has 2 N–H and O–H groups in total. The summed E-state index contributed by atoms with van der Waals surface area (Å²) in [6.07, 6.45) is -0.693. The number of halogens is 1. The van der Waals surface area contributed by atoms with E-state index < -0.39 is 23.4 Å². The third kappa shape index (κ3) is 5.97. The highest BCUT2D eigenvalue weighted by Gasteiger charge is 2.18. The fraction of sp³-hybridized carbons (Fsp3) is 0.333. The lowest BCUT2D eigenvalue weighted by Gasteiger charge is -2.20. The molecule has 0 aliphatic heterocycles. The summed E-state index contributed by atoms with van der Waals surface area (Å²) in [4.78, 5) is 26.6. The van der Waals surface area contributed by atoms with Crippen molar-refractivity contribution in [1.82, 2.24) is 0 Å². The predicted octanol–water partition coefficient (Wildman–Crippen LogP) is 4.88. The molecular weight excluding hydrogens is 361 g/mol. The Morgan fingerprint density at radius 3 is 2.25 bits per heavy atom. The van der Waals surface area contributed by atoms with Crippen molar-refractivity contribution in [3.63, 3.8) is 0 Å². The molecule has 0 saturated heterocycles. The second-order valence-electron chi connectivity index (χ2n) is 7.33. The Kier molecular flexibility index (Phi) is 6.62. The van der Waals surface area contributed by atoms with Crippen LogP contribution in [0.5, 0.6) is 0 Å². The number of hydrogen-bond acceptors (Lipinski definition) is 4. The van der Waals surface area contributed by atoms with E-state index in [1.165, 1.54) is 12.1 Å². The van der Waals surface area contributed by atoms with Gasteiger partial charge in [-0.25, -0.2) is 9.18 Å². The minimum Gasteiger partial charge on any atom is -0.444 e. The molecule has 6 nitrogen and oxygen atoms in total. The summed E-state index contributed by atoms with van der Waals surface area (Å²) in [5.41, 5.74) is 1.11. The van der Waals surface area contributed by atoms with Crippen LogP contribution in [0.1, 0.15) is 38.1 Å². The number of carbonyl (C=O) groups excluding carboxylic acids is 2. The van der Waals surface area contributed by atoms with E-state index in [1.807, 2.05) is 31.0 Å². The molecule has 2 rings (SSSR count). The number of anilines is 3. The first-order chi connectivity index (χ1) is 13.1. The monoisotopic (exact) mass is 387 g/mol. The zero-order valence-corrected chi connectivity index (χ0v) is 16.8. The second-order valence-corrected chi connectivity index (χ2v) is 7.33. The van der Waals surface area contributed by atoms with E-state index in [4.69, 9.17) is 4.74 Å². The summed E-state index contributed by atoms with van der Waals surface area (Å²) in [6.45, 7) is 8.08. The lowest BCUT2D eigenvalue weighted by molar-refractivity contribution is 0.0635. The summed E-state index contributed by atoms with van der Waals surface area (Å²) in [6, 6.07) is 10.8. The van der Waals surface area contributed by atoms with Crippen molar-refractivity contribution in [3.05, 3.63) is 53.8 Å². The van der Waals surface area contributed by atoms with Crippen molar-refractivity contribution in [2.24, 2.45) is 0 Å². The van der Waals surface area contributed by atoms with Crippen LogP contribution in [0.3, 0.4) is 0 Å². The number of ether oxygens (including phenoxy) is 1. The van der Waals surface area contributed by atoms with Crippen LogP contribution >= 0.6 is 0 Å². The Morgan fingerprint density at radius 2 is 1.68 bits per heavy atom. The lowest BCUT2D eigenvalue weighted by Crippen LogP contribution is -2.27. The van der Waals surface area contributed by atoms with Crippen LogP contribution < -0.4 is 15.5 Å². The quantitative estimate of drug-likeness (QED) is 0.767. The summed E-state index contributed by atoms with van der Waals surface area (Å²) < 4.78 is 18.9. The molecule has 2 aromatic carbocycles. The van der Waals surface area contributed by atoms with Crippen molar-refractivity contribution in [3.8, 4) is 0 Å². The second kappa shape index (κ2) is 8.73. The van der Waals surface area contributed by atoms with Crippen molar-refractivity contribution in [2.45, 2.75) is 33.3 Å². The summed E-state index contributed by atoms with van der Waals surface area (Å²) in [7, 11) is 1.95. The van der Waals surface area contributed by atoms with E-state index in [0.717, 1.165) is 18.3 Å². The van der Waals surface area contributed by atoms with Crippen LogP contribution in [0, 0.1) is 5.82 Å². The third-order valence-corrected chi connectivity index (χ3v) is 3.91. The smallest absolute Gasteiger partial charge is 0.412 e. The molecule has 0 atom stereocenters. The van der Waals surface area contributed by atoms with Gasteiger partial charge in [-0.2, -0.15) is 0 Å². The van der Waals surface area contributed by atoms with Gasteiger partial charge in [0.2, 0.25) is 0 Å². The topological polar surface area (TPSA) is 70.7 Å². The largest absolute Gasteiger partial charge is 0.444 e. The van der Waals surface area contributed by atoms with E-state index in [2.05, 4.69) is 10.6 Å². The van der Waals surface area contributed by atoms with Crippen LogP contribution in [-0.2, 0) is 4.74 Å². The molecule has 7 heteroatoms.